The number of carboxylic acids is 1. The van der Waals surface area contributed by atoms with Crippen molar-refractivity contribution in [2.24, 2.45) is 0 Å². The number of aromatic nitrogens is 3. The second kappa shape index (κ2) is 6.16. The molecule has 0 aromatic carbocycles. The molecule has 0 aliphatic heterocycles. The number of thiazole rings is 1. The van der Waals surface area contributed by atoms with Crippen LogP contribution in [0.4, 0.5) is 5.82 Å². The zero-order valence-corrected chi connectivity index (χ0v) is 12.3. The van der Waals surface area contributed by atoms with Gasteiger partial charge in [-0.2, -0.15) is 0 Å². The van der Waals surface area contributed by atoms with E-state index < -0.39 is 5.97 Å². The van der Waals surface area contributed by atoms with Gasteiger partial charge in [0.1, 0.15) is 17.6 Å². The molecule has 0 saturated carbocycles. The molecular formula is C11H14N4O2S2. The Labute approximate surface area is 118 Å². The fourth-order valence-electron chi connectivity index (χ4n) is 1.73. The third-order valence-corrected chi connectivity index (χ3v) is 4.47. The number of carbonyl (C=O) groups is 1. The van der Waals surface area contributed by atoms with Crippen LogP contribution in [0.5, 0.6) is 0 Å². The van der Waals surface area contributed by atoms with Crippen LogP contribution in [-0.2, 0) is 4.79 Å². The van der Waals surface area contributed by atoms with Crippen molar-refractivity contribution >= 4 is 45.2 Å². The quantitative estimate of drug-likeness (QED) is 0.818. The third-order valence-electron chi connectivity index (χ3n) is 2.45. The Kier molecular flexibility index (Phi) is 4.54. The van der Waals surface area contributed by atoms with E-state index in [0.29, 0.717) is 18.0 Å². The smallest absolute Gasteiger partial charge is 0.323 e. The van der Waals surface area contributed by atoms with Crippen LogP contribution >= 0.6 is 23.1 Å². The zero-order chi connectivity index (χ0) is 13.8. The van der Waals surface area contributed by atoms with Crippen LogP contribution in [0.25, 0.3) is 10.3 Å². The number of aliphatic carboxylic acids is 1. The van der Waals surface area contributed by atoms with Crippen molar-refractivity contribution in [2.75, 3.05) is 24.2 Å². The molecule has 19 heavy (non-hydrogen) atoms. The largest absolute Gasteiger partial charge is 0.480 e. The summed E-state index contributed by atoms with van der Waals surface area (Å²) >= 11 is 3.04. The van der Waals surface area contributed by atoms with Crippen LogP contribution in [0.2, 0.25) is 0 Å². The van der Waals surface area contributed by atoms with Crippen molar-refractivity contribution in [3.05, 3.63) is 6.33 Å². The summed E-state index contributed by atoms with van der Waals surface area (Å²) in [4.78, 5) is 25.5. The monoisotopic (exact) mass is 298 g/mol. The van der Waals surface area contributed by atoms with Gasteiger partial charge < -0.3 is 10.0 Å². The van der Waals surface area contributed by atoms with Gasteiger partial charge in [0.25, 0.3) is 0 Å². The zero-order valence-electron chi connectivity index (χ0n) is 10.7. The van der Waals surface area contributed by atoms with Gasteiger partial charge in [0.15, 0.2) is 15.8 Å². The van der Waals surface area contributed by atoms with E-state index in [9.17, 15) is 4.79 Å². The van der Waals surface area contributed by atoms with Crippen LogP contribution in [0.3, 0.4) is 0 Å². The van der Waals surface area contributed by atoms with Crippen LogP contribution in [0, 0.1) is 0 Å². The molecule has 0 aliphatic carbocycles. The second-order valence-electron chi connectivity index (χ2n) is 3.85. The highest BCUT2D eigenvalue weighted by Gasteiger charge is 2.17. The topological polar surface area (TPSA) is 79.2 Å². The summed E-state index contributed by atoms with van der Waals surface area (Å²) < 4.78 is 1.75. The van der Waals surface area contributed by atoms with E-state index in [-0.39, 0.29) is 6.54 Å². The molecule has 2 heterocycles. The lowest BCUT2D eigenvalue weighted by molar-refractivity contribution is -0.135. The fourth-order valence-corrected chi connectivity index (χ4v) is 3.26. The number of carboxylic acid groups (broad SMARTS) is 1. The Balaban J connectivity index is 2.45. The molecule has 0 saturated heterocycles. The molecule has 0 amide bonds. The van der Waals surface area contributed by atoms with Crippen molar-refractivity contribution in [2.45, 2.75) is 17.7 Å². The molecule has 0 spiro atoms. The van der Waals surface area contributed by atoms with Gasteiger partial charge >= 0.3 is 5.97 Å². The molecule has 2 aromatic rings. The van der Waals surface area contributed by atoms with Crippen molar-refractivity contribution < 1.29 is 9.90 Å². The number of hydrogen-bond donors (Lipinski definition) is 1. The second-order valence-corrected chi connectivity index (χ2v) is 5.90. The van der Waals surface area contributed by atoms with Gasteiger partial charge in [0.2, 0.25) is 0 Å². The van der Waals surface area contributed by atoms with Crippen LogP contribution in [0.1, 0.15) is 13.3 Å². The van der Waals surface area contributed by atoms with Crippen molar-refractivity contribution in [3.8, 4) is 0 Å². The molecular weight excluding hydrogens is 284 g/mol. The highest BCUT2D eigenvalue weighted by Crippen LogP contribution is 2.32. The number of anilines is 1. The molecule has 2 aromatic heterocycles. The molecule has 8 heteroatoms. The van der Waals surface area contributed by atoms with Gasteiger partial charge in [-0.25, -0.2) is 15.0 Å². The van der Waals surface area contributed by atoms with Crippen molar-refractivity contribution in [3.63, 3.8) is 0 Å². The normalized spacial score (nSPS) is 10.8. The Hall–Kier alpha value is -1.41. The first-order valence-electron chi connectivity index (χ1n) is 5.78. The first kappa shape index (κ1) is 14.0. The predicted octanol–water partition coefficient (Wildman–Crippen LogP) is 2.11. The summed E-state index contributed by atoms with van der Waals surface area (Å²) in [5.41, 5.74) is 0.630. The number of rotatable bonds is 6. The van der Waals surface area contributed by atoms with Crippen molar-refractivity contribution in [1.29, 1.82) is 0 Å². The Morgan fingerprint density at radius 1 is 1.53 bits per heavy atom. The van der Waals surface area contributed by atoms with E-state index in [1.165, 1.54) is 17.7 Å². The molecule has 2 rings (SSSR count). The summed E-state index contributed by atoms with van der Waals surface area (Å²) in [5, 5.41) is 8.99. The standard InChI is InChI=1S/C11H14N4O2S2/c1-3-4-15(5-7(16)17)10-8-9(12-6-13-10)14-11(18-2)19-8/h6H,3-5H2,1-2H3,(H,16,17). The molecule has 1 N–H and O–H groups in total. The van der Waals surface area contributed by atoms with E-state index in [2.05, 4.69) is 15.0 Å². The SMILES string of the molecule is CCCN(CC(=O)O)c1ncnc2nc(SC)sc12. The summed E-state index contributed by atoms with van der Waals surface area (Å²) in [6, 6.07) is 0. The maximum absolute atomic E-state index is 11.0. The highest BCUT2D eigenvalue weighted by atomic mass is 32.2. The number of hydrogen-bond acceptors (Lipinski definition) is 7. The molecule has 0 aliphatic rings. The maximum Gasteiger partial charge on any atom is 0.323 e. The molecule has 0 fully saturated rings. The minimum Gasteiger partial charge on any atom is -0.480 e. The molecule has 102 valence electrons. The summed E-state index contributed by atoms with van der Waals surface area (Å²) in [5.74, 6) is -0.207. The summed E-state index contributed by atoms with van der Waals surface area (Å²) in [6.45, 7) is 2.59. The van der Waals surface area contributed by atoms with Crippen LogP contribution in [-0.4, -0.2) is 45.4 Å². The van der Waals surface area contributed by atoms with E-state index in [1.54, 1.807) is 16.7 Å². The summed E-state index contributed by atoms with van der Waals surface area (Å²) in [7, 11) is 0. The minimum atomic E-state index is -0.866. The average molecular weight is 298 g/mol. The highest BCUT2D eigenvalue weighted by molar-refractivity contribution is 8.00. The lowest BCUT2D eigenvalue weighted by Gasteiger charge is -2.20. The molecule has 0 unspecified atom stereocenters. The van der Waals surface area contributed by atoms with Crippen LogP contribution < -0.4 is 4.90 Å². The van der Waals surface area contributed by atoms with Gasteiger partial charge in [-0.3, -0.25) is 4.79 Å². The van der Waals surface area contributed by atoms with Gasteiger partial charge in [-0.05, 0) is 12.7 Å². The van der Waals surface area contributed by atoms with Gasteiger partial charge in [-0.1, -0.05) is 18.7 Å². The Morgan fingerprint density at radius 2 is 2.32 bits per heavy atom. The van der Waals surface area contributed by atoms with Gasteiger partial charge in [-0.15, -0.1) is 11.3 Å². The lowest BCUT2D eigenvalue weighted by Crippen LogP contribution is -2.31. The number of nitrogens with zero attached hydrogens (tertiary/aromatic N) is 4. The Bertz CT molecular complexity index is 587. The van der Waals surface area contributed by atoms with Crippen LogP contribution in [0.15, 0.2) is 10.7 Å². The lowest BCUT2D eigenvalue weighted by atomic mass is 10.3. The predicted molar refractivity (Wildman–Crippen MR) is 77.1 cm³/mol. The van der Waals surface area contributed by atoms with E-state index in [4.69, 9.17) is 5.11 Å². The number of thioether (sulfide) groups is 1. The minimum absolute atomic E-state index is 0.0630. The first-order chi connectivity index (χ1) is 9.15. The van der Waals surface area contributed by atoms with E-state index >= 15 is 0 Å². The van der Waals surface area contributed by atoms with Gasteiger partial charge in [0, 0.05) is 6.54 Å². The third kappa shape index (κ3) is 3.13. The first-order valence-corrected chi connectivity index (χ1v) is 7.82. The van der Waals surface area contributed by atoms with E-state index in [1.807, 2.05) is 13.2 Å². The average Bonchev–Trinajstić information content (AvgIpc) is 2.80. The molecule has 0 bridgehead atoms. The fraction of sp³-hybridized carbons (Fsp3) is 0.455. The maximum atomic E-state index is 11.0. The van der Waals surface area contributed by atoms with Gasteiger partial charge in [0.05, 0.1) is 0 Å². The van der Waals surface area contributed by atoms with E-state index in [0.717, 1.165) is 15.5 Å². The number of fused-ring (bicyclic) bond motifs is 1. The molecule has 0 atom stereocenters. The summed E-state index contributed by atoms with van der Waals surface area (Å²) in [6.07, 6.45) is 4.24. The molecule has 6 nitrogen and oxygen atoms in total. The van der Waals surface area contributed by atoms with Crippen molar-refractivity contribution in [1.82, 2.24) is 15.0 Å². The Morgan fingerprint density at radius 3 is 2.95 bits per heavy atom. The molecule has 0 radical (unpaired) electrons.